The first-order valence-electron chi connectivity index (χ1n) is 8.58. The standard InChI is InChI=1S/C21H17ClN2O4S/c1-28-17-11-10-15(12-16(17)22)23-19(25)13-24-20(26)18(29-21(24)27)9-5-8-14-6-3-2-4-7-14/h2-12H,13H2,1H3,(H,23,25). The van der Waals surface area contributed by atoms with E-state index in [1.165, 1.54) is 13.2 Å². The van der Waals surface area contributed by atoms with Gasteiger partial charge in [-0.3, -0.25) is 19.3 Å². The lowest BCUT2D eigenvalue weighted by Gasteiger charge is -2.13. The van der Waals surface area contributed by atoms with E-state index in [2.05, 4.69) is 5.32 Å². The van der Waals surface area contributed by atoms with Crippen LogP contribution in [-0.2, 0) is 9.59 Å². The summed E-state index contributed by atoms with van der Waals surface area (Å²) in [6, 6.07) is 14.3. The van der Waals surface area contributed by atoms with Crippen molar-refractivity contribution < 1.29 is 19.1 Å². The second-order valence-corrected chi connectivity index (χ2v) is 7.36. The van der Waals surface area contributed by atoms with Gasteiger partial charge < -0.3 is 10.1 Å². The number of thioether (sulfide) groups is 1. The highest BCUT2D eigenvalue weighted by atomic mass is 35.5. The highest BCUT2D eigenvalue weighted by molar-refractivity contribution is 8.18. The van der Waals surface area contributed by atoms with E-state index in [0.29, 0.717) is 16.5 Å². The van der Waals surface area contributed by atoms with Crippen molar-refractivity contribution in [2.45, 2.75) is 0 Å². The maximum absolute atomic E-state index is 12.4. The predicted molar refractivity (Wildman–Crippen MR) is 115 cm³/mol. The minimum Gasteiger partial charge on any atom is -0.495 e. The lowest BCUT2D eigenvalue weighted by Crippen LogP contribution is -2.36. The number of nitrogens with one attached hydrogen (secondary N) is 1. The Labute approximate surface area is 177 Å². The maximum atomic E-state index is 12.4. The average Bonchev–Trinajstić information content (AvgIpc) is 2.96. The number of ether oxygens (including phenoxy) is 1. The van der Waals surface area contributed by atoms with E-state index in [4.69, 9.17) is 16.3 Å². The molecule has 1 aliphatic heterocycles. The first-order valence-corrected chi connectivity index (χ1v) is 9.78. The highest BCUT2D eigenvalue weighted by Gasteiger charge is 2.35. The summed E-state index contributed by atoms with van der Waals surface area (Å²) in [5, 5.41) is 2.46. The third kappa shape index (κ3) is 5.28. The van der Waals surface area contributed by atoms with Gasteiger partial charge in [0.15, 0.2) is 0 Å². The number of nitrogens with zero attached hydrogens (tertiary/aromatic N) is 1. The molecule has 0 spiro atoms. The molecule has 2 aromatic carbocycles. The Morgan fingerprint density at radius 1 is 1.21 bits per heavy atom. The fourth-order valence-corrected chi connectivity index (χ4v) is 3.60. The van der Waals surface area contributed by atoms with Gasteiger partial charge in [0.2, 0.25) is 5.91 Å². The molecule has 29 heavy (non-hydrogen) atoms. The van der Waals surface area contributed by atoms with Crippen LogP contribution in [0.3, 0.4) is 0 Å². The van der Waals surface area contributed by atoms with Gasteiger partial charge in [0.1, 0.15) is 12.3 Å². The van der Waals surface area contributed by atoms with Crippen LogP contribution in [0.2, 0.25) is 5.02 Å². The van der Waals surface area contributed by atoms with Crippen LogP contribution < -0.4 is 10.1 Å². The molecule has 0 saturated carbocycles. The number of hydrogen-bond donors (Lipinski definition) is 1. The normalized spacial score (nSPS) is 15.4. The van der Waals surface area contributed by atoms with Crippen molar-refractivity contribution in [2.75, 3.05) is 19.0 Å². The lowest BCUT2D eigenvalue weighted by atomic mass is 10.2. The summed E-state index contributed by atoms with van der Waals surface area (Å²) in [5.74, 6) is -0.528. The minimum absolute atomic E-state index is 0.266. The Hall–Kier alpha value is -3.03. The number of allylic oxidation sites excluding steroid dienone is 2. The van der Waals surface area contributed by atoms with E-state index in [-0.39, 0.29) is 11.4 Å². The molecule has 0 unspecified atom stereocenters. The van der Waals surface area contributed by atoms with Gasteiger partial charge in [-0.25, -0.2) is 0 Å². The molecular weight excluding hydrogens is 412 g/mol. The van der Waals surface area contributed by atoms with Crippen LogP contribution in [-0.4, -0.2) is 35.6 Å². The van der Waals surface area contributed by atoms with Crippen molar-refractivity contribution in [1.29, 1.82) is 0 Å². The largest absolute Gasteiger partial charge is 0.495 e. The van der Waals surface area contributed by atoms with Crippen LogP contribution in [0.4, 0.5) is 10.5 Å². The Bertz CT molecular complexity index is 1000. The summed E-state index contributed by atoms with van der Waals surface area (Å²) >= 11 is 6.83. The molecule has 1 heterocycles. The highest BCUT2D eigenvalue weighted by Crippen LogP contribution is 2.31. The molecule has 0 aliphatic carbocycles. The van der Waals surface area contributed by atoms with E-state index in [0.717, 1.165) is 22.2 Å². The number of halogens is 1. The number of amides is 3. The van der Waals surface area contributed by atoms with Gasteiger partial charge in [-0.2, -0.15) is 0 Å². The summed E-state index contributed by atoms with van der Waals surface area (Å²) in [5.41, 5.74) is 1.41. The van der Waals surface area contributed by atoms with Crippen molar-refractivity contribution in [1.82, 2.24) is 4.90 Å². The molecule has 8 heteroatoms. The Morgan fingerprint density at radius 2 is 1.97 bits per heavy atom. The van der Waals surface area contributed by atoms with Gasteiger partial charge in [-0.15, -0.1) is 0 Å². The van der Waals surface area contributed by atoms with E-state index < -0.39 is 17.1 Å². The third-order valence-corrected chi connectivity index (χ3v) is 5.17. The van der Waals surface area contributed by atoms with Crippen LogP contribution in [0, 0.1) is 0 Å². The number of methoxy groups -OCH3 is 1. The van der Waals surface area contributed by atoms with Crippen molar-refractivity contribution in [2.24, 2.45) is 0 Å². The Balaban J connectivity index is 1.62. The van der Waals surface area contributed by atoms with Crippen LogP contribution in [0.1, 0.15) is 5.56 Å². The summed E-state index contributed by atoms with van der Waals surface area (Å²) in [7, 11) is 1.49. The molecule has 148 valence electrons. The van der Waals surface area contributed by atoms with E-state index in [9.17, 15) is 14.4 Å². The zero-order valence-corrected chi connectivity index (χ0v) is 17.0. The number of carbonyl (C=O) groups is 3. The number of hydrogen-bond acceptors (Lipinski definition) is 5. The minimum atomic E-state index is -0.505. The molecule has 1 fully saturated rings. The summed E-state index contributed by atoms with van der Waals surface area (Å²) < 4.78 is 5.06. The summed E-state index contributed by atoms with van der Waals surface area (Å²) in [6.07, 6.45) is 5.10. The molecule has 2 aromatic rings. The predicted octanol–water partition coefficient (Wildman–Crippen LogP) is 4.58. The number of imide groups is 1. The molecule has 0 bridgehead atoms. The van der Waals surface area contributed by atoms with Gasteiger partial charge in [0.05, 0.1) is 17.0 Å². The van der Waals surface area contributed by atoms with E-state index in [1.54, 1.807) is 24.3 Å². The topological polar surface area (TPSA) is 75.7 Å². The summed E-state index contributed by atoms with van der Waals surface area (Å²) in [4.78, 5) is 38.0. The van der Waals surface area contributed by atoms with Crippen molar-refractivity contribution in [3.05, 3.63) is 76.2 Å². The molecule has 0 atom stereocenters. The van der Waals surface area contributed by atoms with Crippen molar-refractivity contribution >= 4 is 52.2 Å². The van der Waals surface area contributed by atoms with Crippen LogP contribution >= 0.6 is 23.4 Å². The second-order valence-electron chi connectivity index (χ2n) is 5.96. The molecule has 1 saturated heterocycles. The molecule has 0 radical (unpaired) electrons. The molecular formula is C21H17ClN2O4S. The van der Waals surface area contributed by atoms with Gasteiger partial charge >= 0.3 is 0 Å². The van der Waals surface area contributed by atoms with Gasteiger partial charge in [0, 0.05) is 5.69 Å². The van der Waals surface area contributed by atoms with E-state index >= 15 is 0 Å². The Kier molecular flexibility index (Phi) is 6.74. The number of rotatable bonds is 6. The van der Waals surface area contributed by atoms with Crippen molar-refractivity contribution in [3.63, 3.8) is 0 Å². The first kappa shape index (κ1) is 20.7. The molecule has 3 amide bonds. The molecule has 3 rings (SSSR count). The monoisotopic (exact) mass is 428 g/mol. The fourth-order valence-electron chi connectivity index (χ4n) is 2.55. The second kappa shape index (κ2) is 9.45. The number of anilines is 1. The van der Waals surface area contributed by atoms with Gasteiger partial charge in [-0.1, -0.05) is 54.1 Å². The third-order valence-electron chi connectivity index (χ3n) is 3.95. The van der Waals surface area contributed by atoms with Crippen molar-refractivity contribution in [3.8, 4) is 5.75 Å². The van der Waals surface area contributed by atoms with Crippen LogP contribution in [0.5, 0.6) is 5.75 Å². The SMILES string of the molecule is COc1ccc(NC(=O)CN2C(=O)SC(=CC=Cc3ccccc3)C2=O)cc1Cl. The first-order chi connectivity index (χ1) is 14.0. The molecule has 1 N–H and O–H groups in total. The van der Waals surface area contributed by atoms with Gasteiger partial charge in [-0.05, 0) is 41.6 Å². The van der Waals surface area contributed by atoms with Crippen LogP contribution in [0.15, 0.2) is 65.6 Å². The molecule has 6 nitrogen and oxygen atoms in total. The average molecular weight is 429 g/mol. The van der Waals surface area contributed by atoms with Gasteiger partial charge in [0.25, 0.3) is 11.1 Å². The maximum Gasteiger partial charge on any atom is 0.294 e. The zero-order chi connectivity index (χ0) is 20.8. The molecule has 1 aliphatic rings. The van der Waals surface area contributed by atoms with E-state index in [1.807, 2.05) is 36.4 Å². The Morgan fingerprint density at radius 3 is 2.66 bits per heavy atom. The number of carbonyl (C=O) groups excluding carboxylic acids is 3. The molecule has 0 aromatic heterocycles. The number of benzene rings is 2. The fraction of sp³-hybridized carbons (Fsp3) is 0.0952. The van der Waals surface area contributed by atoms with Crippen LogP contribution in [0.25, 0.3) is 6.08 Å². The zero-order valence-electron chi connectivity index (χ0n) is 15.4. The smallest absolute Gasteiger partial charge is 0.294 e. The quantitative estimate of drug-likeness (QED) is 0.681. The summed E-state index contributed by atoms with van der Waals surface area (Å²) in [6.45, 7) is -0.381. The lowest BCUT2D eigenvalue weighted by molar-refractivity contribution is -0.127.